The van der Waals surface area contributed by atoms with Crippen LogP contribution < -0.4 is 10.2 Å². The normalized spacial score (nSPS) is 22.4. The third-order valence-electron chi connectivity index (χ3n) is 3.49. The van der Waals surface area contributed by atoms with Crippen LogP contribution in [0.5, 0.6) is 0 Å². The van der Waals surface area contributed by atoms with E-state index in [0.717, 1.165) is 43.4 Å². The van der Waals surface area contributed by atoms with Crippen LogP contribution in [0.1, 0.15) is 33.0 Å². The van der Waals surface area contributed by atoms with E-state index in [1.165, 1.54) is 0 Å². The number of hydrogen-bond acceptors (Lipinski definition) is 6. The molecule has 2 heterocycles. The molecule has 2 atom stereocenters. The van der Waals surface area contributed by atoms with E-state index in [0.29, 0.717) is 6.54 Å². The Morgan fingerprint density at radius 2 is 2.19 bits per heavy atom. The first kappa shape index (κ1) is 16.0. The van der Waals surface area contributed by atoms with Crippen LogP contribution in [0.3, 0.4) is 0 Å². The van der Waals surface area contributed by atoms with Crippen molar-refractivity contribution in [3.05, 3.63) is 11.9 Å². The van der Waals surface area contributed by atoms with Crippen LogP contribution in [0.15, 0.2) is 6.07 Å². The predicted octanol–water partition coefficient (Wildman–Crippen LogP) is 1.45. The summed E-state index contributed by atoms with van der Waals surface area (Å²) in [7, 11) is 0. The quantitative estimate of drug-likeness (QED) is 0.827. The number of morpholine rings is 1. The standard InChI is InChI=1S/C15H26N4O2/c1-4-6-16-14-7-15(18-13(5-2)17-14)19-8-11(3)21-12(9-19)10-20/h7,11-12,20H,4-6,8-10H2,1-3H3,(H,16,17,18). The molecule has 1 aromatic rings. The summed E-state index contributed by atoms with van der Waals surface area (Å²) in [6.45, 7) is 8.59. The Morgan fingerprint density at radius 1 is 1.38 bits per heavy atom. The summed E-state index contributed by atoms with van der Waals surface area (Å²) in [5.41, 5.74) is 0. The Labute approximate surface area is 126 Å². The number of rotatable bonds is 6. The zero-order chi connectivity index (χ0) is 15.2. The van der Waals surface area contributed by atoms with Gasteiger partial charge in [-0.15, -0.1) is 0 Å². The summed E-state index contributed by atoms with van der Waals surface area (Å²) >= 11 is 0. The van der Waals surface area contributed by atoms with Gasteiger partial charge in [0.15, 0.2) is 0 Å². The largest absolute Gasteiger partial charge is 0.394 e. The molecule has 0 amide bonds. The van der Waals surface area contributed by atoms with Crippen molar-refractivity contribution in [1.29, 1.82) is 0 Å². The van der Waals surface area contributed by atoms with Crippen molar-refractivity contribution in [3.8, 4) is 0 Å². The Hall–Kier alpha value is -1.40. The van der Waals surface area contributed by atoms with Gasteiger partial charge in [0, 0.05) is 32.1 Å². The van der Waals surface area contributed by atoms with Gasteiger partial charge in [-0.2, -0.15) is 0 Å². The topological polar surface area (TPSA) is 70.5 Å². The van der Waals surface area contributed by atoms with Gasteiger partial charge in [-0.1, -0.05) is 13.8 Å². The van der Waals surface area contributed by atoms with Crippen molar-refractivity contribution in [2.24, 2.45) is 0 Å². The van der Waals surface area contributed by atoms with E-state index in [1.54, 1.807) is 0 Å². The van der Waals surface area contributed by atoms with E-state index < -0.39 is 0 Å². The van der Waals surface area contributed by atoms with Crippen LogP contribution in [-0.2, 0) is 11.2 Å². The van der Waals surface area contributed by atoms with Gasteiger partial charge in [-0.3, -0.25) is 0 Å². The molecule has 1 aliphatic heterocycles. The molecule has 1 saturated heterocycles. The first-order chi connectivity index (χ1) is 10.2. The molecule has 0 spiro atoms. The van der Waals surface area contributed by atoms with Crippen molar-refractivity contribution < 1.29 is 9.84 Å². The number of aliphatic hydroxyl groups excluding tert-OH is 1. The number of ether oxygens (including phenoxy) is 1. The lowest BCUT2D eigenvalue weighted by atomic mass is 10.2. The Balaban J connectivity index is 2.20. The summed E-state index contributed by atoms with van der Waals surface area (Å²) in [6.07, 6.45) is 1.80. The number of anilines is 2. The lowest BCUT2D eigenvalue weighted by Gasteiger charge is -2.37. The van der Waals surface area contributed by atoms with Gasteiger partial charge < -0.3 is 20.1 Å². The minimum Gasteiger partial charge on any atom is -0.394 e. The molecule has 2 unspecified atom stereocenters. The second kappa shape index (κ2) is 7.56. The van der Waals surface area contributed by atoms with Crippen LogP contribution in [0.4, 0.5) is 11.6 Å². The molecule has 0 saturated carbocycles. The molecule has 0 aromatic carbocycles. The number of aliphatic hydroxyl groups is 1. The predicted molar refractivity (Wildman–Crippen MR) is 83.8 cm³/mol. The van der Waals surface area contributed by atoms with Gasteiger partial charge in [0.1, 0.15) is 17.5 Å². The monoisotopic (exact) mass is 294 g/mol. The van der Waals surface area contributed by atoms with E-state index in [2.05, 4.69) is 34.0 Å². The molecule has 0 radical (unpaired) electrons. The summed E-state index contributed by atoms with van der Waals surface area (Å²) < 4.78 is 5.69. The first-order valence-corrected chi connectivity index (χ1v) is 7.79. The van der Waals surface area contributed by atoms with Crippen LogP contribution in [0.2, 0.25) is 0 Å². The van der Waals surface area contributed by atoms with Gasteiger partial charge in [0.05, 0.1) is 18.8 Å². The van der Waals surface area contributed by atoms with Gasteiger partial charge in [-0.05, 0) is 13.3 Å². The minimum atomic E-state index is -0.152. The summed E-state index contributed by atoms with van der Waals surface area (Å²) in [5, 5.41) is 12.7. The molecule has 6 nitrogen and oxygen atoms in total. The highest BCUT2D eigenvalue weighted by molar-refractivity contribution is 5.50. The number of aromatic nitrogens is 2. The molecule has 0 aliphatic carbocycles. The Morgan fingerprint density at radius 3 is 2.86 bits per heavy atom. The highest BCUT2D eigenvalue weighted by atomic mass is 16.5. The zero-order valence-electron chi connectivity index (χ0n) is 13.2. The van der Waals surface area contributed by atoms with Gasteiger partial charge in [0.2, 0.25) is 0 Å². The molecule has 21 heavy (non-hydrogen) atoms. The molecule has 1 aliphatic rings. The number of aryl methyl sites for hydroxylation is 1. The maximum absolute atomic E-state index is 9.35. The molecular weight excluding hydrogens is 268 g/mol. The second-order valence-corrected chi connectivity index (χ2v) is 5.46. The van der Waals surface area contributed by atoms with E-state index in [-0.39, 0.29) is 18.8 Å². The molecule has 6 heteroatoms. The van der Waals surface area contributed by atoms with Crippen molar-refractivity contribution in [2.75, 3.05) is 36.5 Å². The summed E-state index contributed by atoms with van der Waals surface area (Å²) in [4.78, 5) is 11.3. The fourth-order valence-corrected chi connectivity index (χ4v) is 2.48. The average Bonchev–Trinajstić information content (AvgIpc) is 2.51. The maximum Gasteiger partial charge on any atom is 0.134 e. The highest BCUT2D eigenvalue weighted by Crippen LogP contribution is 2.21. The van der Waals surface area contributed by atoms with Crippen LogP contribution in [0, 0.1) is 0 Å². The SMILES string of the molecule is CCCNc1cc(N2CC(C)OC(CO)C2)nc(CC)n1. The maximum atomic E-state index is 9.35. The average molecular weight is 294 g/mol. The van der Waals surface area contributed by atoms with E-state index in [1.807, 2.05) is 13.0 Å². The molecule has 2 N–H and O–H groups in total. The lowest BCUT2D eigenvalue weighted by molar-refractivity contribution is -0.0423. The Kier molecular flexibility index (Phi) is 5.76. The Bertz CT molecular complexity index is 455. The van der Waals surface area contributed by atoms with Gasteiger partial charge in [-0.25, -0.2) is 9.97 Å². The molecule has 118 valence electrons. The number of nitrogens with one attached hydrogen (secondary N) is 1. The highest BCUT2D eigenvalue weighted by Gasteiger charge is 2.26. The molecular formula is C15H26N4O2. The molecule has 0 bridgehead atoms. The molecule has 1 aromatic heterocycles. The number of hydrogen-bond donors (Lipinski definition) is 2. The lowest BCUT2D eigenvalue weighted by Crippen LogP contribution is -2.48. The fraction of sp³-hybridized carbons (Fsp3) is 0.733. The fourth-order valence-electron chi connectivity index (χ4n) is 2.48. The zero-order valence-corrected chi connectivity index (χ0v) is 13.2. The summed E-state index contributed by atoms with van der Waals surface area (Å²) in [5.74, 6) is 2.62. The minimum absolute atomic E-state index is 0.0352. The molecule has 1 fully saturated rings. The number of nitrogens with zero attached hydrogens (tertiary/aromatic N) is 3. The molecule has 2 rings (SSSR count). The van der Waals surface area contributed by atoms with Crippen molar-refractivity contribution in [1.82, 2.24) is 9.97 Å². The van der Waals surface area contributed by atoms with Crippen molar-refractivity contribution >= 4 is 11.6 Å². The van der Waals surface area contributed by atoms with E-state index in [9.17, 15) is 5.11 Å². The second-order valence-electron chi connectivity index (χ2n) is 5.46. The smallest absolute Gasteiger partial charge is 0.134 e. The van der Waals surface area contributed by atoms with Crippen molar-refractivity contribution in [2.45, 2.75) is 45.8 Å². The third-order valence-corrected chi connectivity index (χ3v) is 3.49. The van der Waals surface area contributed by atoms with E-state index in [4.69, 9.17) is 4.74 Å². The van der Waals surface area contributed by atoms with Crippen LogP contribution in [0.25, 0.3) is 0 Å². The first-order valence-electron chi connectivity index (χ1n) is 7.79. The van der Waals surface area contributed by atoms with Gasteiger partial charge >= 0.3 is 0 Å². The van der Waals surface area contributed by atoms with Gasteiger partial charge in [0.25, 0.3) is 0 Å². The third kappa shape index (κ3) is 4.28. The van der Waals surface area contributed by atoms with Crippen LogP contribution >= 0.6 is 0 Å². The van der Waals surface area contributed by atoms with Crippen LogP contribution in [-0.4, -0.2) is 53.5 Å². The van der Waals surface area contributed by atoms with Crippen molar-refractivity contribution in [3.63, 3.8) is 0 Å². The van der Waals surface area contributed by atoms with E-state index >= 15 is 0 Å². The summed E-state index contributed by atoms with van der Waals surface area (Å²) in [6, 6.07) is 1.99.